The topological polar surface area (TPSA) is 60.9 Å². The maximum Gasteiger partial charge on any atom is 0.140 e. The van der Waals surface area contributed by atoms with Gasteiger partial charge in [-0.3, -0.25) is 9.48 Å². The van der Waals surface area contributed by atoms with Crippen molar-refractivity contribution in [3.8, 4) is 0 Å². The lowest BCUT2D eigenvalue weighted by Crippen LogP contribution is -2.43. The van der Waals surface area contributed by atoms with Crippen molar-refractivity contribution in [2.75, 3.05) is 0 Å². The van der Waals surface area contributed by atoms with Crippen LogP contribution in [0.4, 0.5) is 0 Å². The van der Waals surface area contributed by atoms with E-state index in [4.69, 9.17) is 5.73 Å². The fourth-order valence-corrected chi connectivity index (χ4v) is 3.54. The third-order valence-corrected chi connectivity index (χ3v) is 5.25. The summed E-state index contributed by atoms with van der Waals surface area (Å²) in [6.45, 7) is 4.77. The van der Waals surface area contributed by atoms with Crippen LogP contribution in [0.3, 0.4) is 0 Å². The molecule has 1 aliphatic carbocycles. The van der Waals surface area contributed by atoms with E-state index in [0.29, 0.717) is 12.8 Å². The predicted molar refractivity (Wildman–Crippen MR) is 83.7 cm³/mol. The first-order valence-electron chi connectivity index (χ1n) is 7.47. The molecule has 1 aliphatic rings. The lowest BCUT2D eigenvalue weighted by molar-refractivity contribution is -0.120. The van der Waals surface area contributed by atoms with Gasteiger partial charge in [-0.2, -0.15) is 5.10 Å². The number of hydrogen-bond donors (Lipinski definition) is 1. The van der Waals surface area contributed by atoms with E-state index in [1.54, 1.807) is 0 Å². The standard InChI is InChI=1S/C15H24BrN3O/c1-3-19-13(14(16)11(2)18-19)9-12(20)10-15(17)7-5-4-6-8-15/h3-10,17H2,1-2H3. The minimum absolute atomic E-state index is 0.227. The number of aromatic nitrogens is 2. The normalized spacial score (nSPS) is 18.2. The number of nitrogens with two attached hydrogens (primary N) is 1. The Balaban J connectivity index is 2.04. The van der Waals surface area contributed by atoms with Crippen molar-refractivity contribution in [2.24, 2.45) is 5.73 Å². The Morgan fingerprint density at radius 3 is 2.65 bits per heavy atom. The van der Waals surface area contributed by atoms with Crippen LogP contribution in [0.25, 0.3) is 0 Å². The maximum absolute atomic E-state index is 12.4. The third kappa shape index (κ3) is 3.50. The first-order chi connectivity index (χ1) is 9.45. The molecule has 0 amide bonds. The molecule has 0 unspecified atom stereocenters. The van der Waals surface area contributed by atoms with Gasteiger partial charge in [-0.05, 0) is 42.6 Å². The van der Waals surface area contributed by atoms with E-state index >= 15 is 0 Å². The highest BCUT2D eigenvalue weighted by atomic mass is 79.9. The van der Waals surface area contributed by atoms with E-state index in [9.17, 15) is 4.79 Å². The minimum Gasteiger partial charge on any atom is -0.325 e. The number of hydrogen-bond acceptors (Lipinski definition) is 3. The summed E-state index contributed by atoms with van der Waals surface area (Å²) in [5.74, 6) is 0.227. The maximum atomic E-state index is 12.4. The summed E-state index contributed by atoms with van der Waals surface area (Å²) in [6.07, 6.45) is 6.43. The molecule has 2 rings (SSSR count). The summed E-state index contributed by atoms with van der Waals surface area (Å²) < 4.78 is 2.86. The van der Waals surface area contributed by atoms with Crippen molar-refractivity contribution in [3.05, 3.63) is 15.9 Å². The minimum atomic E-state index is -0.270. The molecule has 1 saturated carbocycles. The van der Waals surface area contributed by atoms with E-state index in [-0.39, 0.29) is 11.3 Å². The summed E-state index contributed by atoms with van der Waals surface area (Å²) in [7, 11) is 0. The largest absolute Gasteiger partial charge is 0.325 e. The van der Waals surface area contributed by atoms with Gasteiger partial charge in [0.05, 0.1) is 15.9 Å². The van der Waals surface area contributed by atoms with Crippen molar-refractivity contribution in [1.29, 1.82) is 0 Å². The van der Waals surface area contributed by atoms with E-state index in [1.165, 1.54) is 6.42 Å². The number of Topliss-reactive ketones (excluding diaryl/α,β-unsaturated/α-hetero) is 1. The summed E-state index contributed by atoms with van der Waals surface area (Å²) in [4.78, 5) is 12.4. The molecule has 112 valence electrons. The molecule has 0 bridgehead atoms. The molecular weight excluding hydrogens is 318 g/mol. The third-order valence-electron chi connectivity index (χ3n) is 4.22. The molecule has 0 atom stereocenters. The SMILES string of the molecule is CCn1nc(C)c(Br)c1CC(=O)CC1(N)CCCCC1. The Morgan fingerprint density at radius 2 is 2.05 bits per heavy atom. The number of rotatable bonds is 5. The molecule has 0 spiro atoms. The fourth-order valence-electron chi connectivity index (χ4n) is 3.11. The second-order valence-electron chi connectivity index (χ2n) is 5.98. The van der Waals surface area contributed by atoms with E-state index in [2.05, 4.69) is 21.0 Å². The van der Waals surface area contributed by atoms with Crippen molar-refractivity contribution in [1.82, 2.24) is 9.78 Å². The zero-order chi connectivity index (χ0) is 14.8. The number of halogens is 1. The molecule has 1 fully saturated rings. The average molecular weight is 342 g/mol. The molecule has 0 radical (unpaired) electrons. The second kappa shape index (κ2) is 6.39. The lowest BCUT2D eigenvalue weighted by atomic mass is 9.79. The summed E-state index contributed by atoms with van der Waals surface area (Å²) in [5, 5.41) is 4.43. The van der Waals surface area contributed by atoms with E-state index in [0.717, 1.165) is 48.1 Å². The zero-order valence-electron chi connectivity index (χ0n) is 12.4. The predicted octanol–water partition coefficient (Wildman–Crippen LogP) is 3.14. The van der Waals surface area contributed by atoms with Gasteiger partial charge in [-0.15, -0.1) is 0 Å². The summed E-state index contributed by atoms with van der Waals surface area (Å²) in [6, 6.07) is 0. The molecule has 1 aromatic rings. The van der Waals surface area contributed by atoms with Gasteiger partial charge in [0.2, 0.25) is 0 Å². The van der Waals surface area contributed by atoms with Crippen LogP contribution in [0.2, 0.25) is 0 Å². The Morgan fingerprint density at radius 1 is 1.40 bits per heavy atom. The van der Waals surface area contributed by atoms with Crippen LogP contribution in [0.1, 0.15) is 56.8 Å². The number of carbonyl (C=O) groups is 1. The highest BCUT2D eigenvalue weighted by Gasteiger charge is 2.30. The molecule has 0 aliphatic heterocycles. The van der Waals surface area contributed by atoms with Gasteiger partial charge >= 0.3 is 0 Å². The monoisotopic (exact) mass is 341 g/mol. The van der Waals surface area contributed by atoms with Crippen molar-refractivity contribution in [3.63, 3.8) is 0 Å². The first-order valence-corrected chi connectivity index (χ1v) is 8.27. The van der Waals surface area contributed by atoms with Gasteiger partial charge in [0.25, 0.3) is 0 Å². The smallest absolute Gasteiger partial charge is 0.140 e. The lowest BCUT2D eigenvalue weighted by Gasteiger charge is -2.32. The van der Waals surface area contributed by atoms with Crippen LogP contribution in [0.5, 0.6) is 0 Å². The summed E-state index contributed by atoms with van der Waals surface area (Å²) in [5.41, 5.74) is 8.02. The molecule has 0 aromatic carbocycles. The first kappa shape index (κ1) is 15.7. The van der Waals surface area contributed by atoms with Gasteiger partial charge in [0.1, 0.15) is 5.78 Å². The van der Waals surface area contributed by atoms with Crippen molar-refractivity contribution >= 4 is 21.7 Å². The number of carbonyl (C=O) groups excluding carboxylic acids is 1. The number of nitrogens with zero attached hydrogens (tertiary/aromatic N) is 2. The van der Waals surface area contributed by atoms with Crippen LogP contribution >= 0.6 is 15.9 Å². The Kier molecular flexibility index (Phi) is 5.02. The molecule has 1 heterocycles. The average Bonchev–Trinajstić information content (AvgIpc) is 2.66. The molecule has 2 N–H and O–H groups in total. The Hall–Kier alpha value is -0.680. The highest BCUT2D eigenvalue weighted by molar-refractivity contribution is 9.10. The van der Waals surface area contributed by atoms with Gasteiger partial charge < -0.3 is 5.73 Å². The zero-order valence-corrected chi connectivity index (χ0v) is 14.0. The molecule has 0 saturated heterocycles. The Bertz CT molecular complexity index is 490. The molecule has 20 heavy (non-hydrogen) atoms. The fraction of sp³-hybridized carbons (Fsp3) is 0.733. The Labute approximate surface area is 129 Å². The van der Waals surface area contributed by atoms with E-state index < -0.39 is 0 Å². The quantitative estimate of drug-likeness (QED) is 0.894. The summed E-state index contributed by atoms with van der Waals surface area (Å²) >= 11 is 3.54. The molecule has 5 heteroatoms. The second-order valence-corrected chi connectivity index (χ2v) is 6.77. The number of ketones is 1. The van der Waals surface area contributed by atoms with Crippen LogP contribution in [-0.4, -0.2) is 21.1 Å². The van der Waals surface area contributed by atoms with Gasteiger partial charge in [0.15, 0.2) is 0 Å². The van der Waals surface area contributed by atoms with E-state index in [1.807, 2.05) is 18.5 Å². The van der Waals surface area contributed by atoms with Crippen molar-refractivity contribution in [2.45, 2.75) is 70.9 Å². The van der Waals surface area contributed by atoms with Gasteiger partial charge in [-0.1, -0.05) is 19.3 Å². The number of aryl methyl sites for hydroxylation is 2. The van der Waals surface area contributed by atoms with Crippen LogP contribution < -0.4 is 5.73 Å². The van der Waals surface area contributed by atoms with Gasteiger partial charge in [0, 0.05) is 24.9 Å². The highest BCUT2D eigenvalue weighted by Crippen LogP contribution is 2.30. The molecule has 4 nitrogen and oxygen atoms in total. The van der Waals surface area contributed by atoms with Crippen LogP contribution in [-0.2, 0) is 17.8 Å². The molecule has 1 aromatic heterocycles. The van der Waals surface area contributed by atoms with Crippen LogP contribution in [0, 0.1) is 6.92 Å². The van der Waals surface area contributed by atoms with Crippen molar-refractivity contribution < 1.29 is 4.79 Å². The van der Waals surface area contributed by atoms with Crippen LogP contribution in [0.15, 0.2) is 4.47 Å². The molecular formula is C15H24BrN3O. The van der Waals surface area contributed by atoms with Gasteiger partial charge in [-0.25, -0.2) is 0 Å².